The van der Waals surface area contributed by atoms with E-state index in [0.717, 1.165) is 31.3 Å². The van der Waals surface area contributed by atoms with Crippen molar-refractivity contribution < 1.29 is 38.8 Å². The van der Waals surface area contributed by atoms with E-state index in [1.165, 1.54) is 12.8 Å². The molecule has 5 aliphatic rings. The van der Waals surface area contributed by atoms with E-state index in [9.17, 15) is 24.6 Å². The van der Waals surface area contributed by atoms with E-state index in [1.54, 1.807) is 0 Å². The number of aliphatic hydroxyl groups is 2. The fourth-order valence-electron chi connectivity index (χ4n) is 6.09. The summed E-state index contributed by atoms with van der Waals surface area (Å²) in [6.45, 7) is 2.71. The second kappa shape index (κ2) is 8.83. The first kappa shape index (κ1) is 22.5. The smallest absolute Gasteiger partial charge is 0.330 e. The third-order valence-electron chi connectivity index (χ3n) is 7.69. The van der Waals surface area contributed by atoms with Gasteiger partial charge in [0.25, 0.3) is 5.76 Å². The van der Waals surface area contributed by atoms with E-state index >= 15 is 0 Å². The molecule has 33 heavy (non-hydrogen) atoms. The molecule has 0 saturated heterocycles. The number of ether oxygens (including phenoxy) is 3. The minimum atomic E-state index is -1.53. The largest absolute Gasteiger partial charge is 0.478 e. The standard InChI is InChI=1S/C24H28O8S/c1-2-19(26)30-10-16(25)21-20(27)22(24(29)31-21)32-23(28)15-8-14-7-13(15)9-18(14)33-17-6-11-3-4-12(17)5-11/h2-4,11-18,21,25,29H,1,5-10H2/t11?,12?,13?,14?,15?,16-,17?,18?,21+/m0/s1. The maximum absolute atomic E-state index is 12.8. The van der Waals surface area contributed by atoms with Gasteiger partial charge in [-0.2, -0.15) is 11.8 Å². The summed E-state index contributed by atoms with van der Waals surface area (Å²) in [6.07, 6.45) is 7.83. The molecule has 0 radical (unpaired) electrons. The Bertz CT molecular complexity index is 925. The highest BCUT2D eigenvalue weighted by molar-refractivity contribution is 8.00. The Kier molecular flexibility index (Phi) is 6.03. The molecule has 9 atom stereocenters. The number of hydrogen-bond acceptors (Lipinski definition) is 9. The van der Waals surface area contributed by atoms with Crippen molar-refractivity contribution in [2.24, 2.45) is 29.6 Å². The topological polar surface area (TPSA) is 119 Å². The van der Waals surface area contributed by atoms with Crippen molar-refractivity contribution in [2.75, 3.05) is 6.61 Å². The molecule has 9 heteroatoms. The Balaban J connectivity index is 1.13. The molecule has 4 bridgehead atoms. The molecule has 5 rings (SSSR count). The number of fused-ring (bicyclic) bond motifs is 4. The monoisotopic (exact) mass is 476 g/mol. The maximum Gasteiger partial charge on any atom is 0.330 e. The van der Waals surface area contributed by atoms with E-state index in [4.69, 9.17) is 14.2 Å². The fraction of sp³-hybridized carbons (Fsp3) is 0.625. The third kappa shape index (κ3) is 4.21. The molecule has 1 aliphatic heterocycles. The number of rotatable bonds is 8. The van der Waals surface area contributed by atoms with Crippen LogP contribution in [0.2, 0.25) is 0 Å². The van der Waals surface area contributed by atoms with Crippen LogP contribution >= 0.6 is 11.8 Å². The minimum absolute atomic E-state index is 0.217. The van der Waals surface area contributed by atoms with Crippen LogP contribution < -0.4 is 0 Å². The summed E-state index contributed by atoms with van der Waals surface area (Å²) in [6, 6.07) is 0. The molecule has 3 saturated carbocycles. The van der Waals surface area contributed by atoms with Gasteiger partial charge in [-0.15, -0.1) is 0 Å². The van der Waals surface area contributed by atoms with E-state index in [-0.39, 0.29) is 11.8 Å². The van der Waals surface area contributed by atoms with Gasteiger partial charge in [-0.05, 0) is 55.8 Å². The van der Waals surface area contributed by atoms with Crippen molar-refractivity contribution in [1.29, 1.82) is 0 Å². The van der Waals surface area contributed by atoms with Gasteiger partial charge in [0, 0.05) is 16.6 Å². The summed E-state index contributed by atoms with van der Waals surface area (Å²) >= 11 is 2.10. The molecule has 0 aromatic carbocycles. The molecule has 1 heterocycles. The summed E-state index contributed by atoms with van der Waals surface area (Å²) in [4.78, 5) is 36.5. The Hall–Kier alpha value is -2.26. The second-order valence-corrected chi connectivity index (χ2v) is 11.2. The normalized spacial score (nSPS) is 39.1. The quantitative estimate of drug-likeness (QED) is 0.309. The number of aliphatic hydroxyl groups excluding tert-OH is 2. The Labute approximate surface area is 196 Å². The van der Waals surface area contributed by atoms with E-state index in [2.05, 4.69) is 30.5 Å². The number of Topliss-reactive ketones (excluding diaryl/α,β-unsaturated/α-hetero) is 1. The van der Waals surface area contributed by atoms with Crippen LogP contribution in [0.4, 0.5) is 0 Å². The third-order valence-corrected chi connectivity index (χ3v) is 9.51. The lowest BCUT2D eigenvalue weighted by atomic mass is 9.88. The average Bonchev–Trinajstić information content (AvgIpc) is 3.62. The van der Waals surface area contributed by atoms with Crippen LogP contribution in [-0.4, -0.2) is 57.2 Å². The molecule has 0 aromatic heterocycles. The van der Waals surface area contributed by atoms with Gasteiger partial charge < -0.3 is 24.4 Å². The second-order valence-electron chi connectivity index (χ2n) is 9.69. The highest BCUT2D eigenvalue weighted by Crippen LogP contribution is 2.56. The number of ketones is 1. The molecule has 0 amide bonds. The van der Waals surface area contributed by atoms with Crippen molar-refractivity contribution in [2.45, 2.75) is 54.8 Å². The number of allylic oxidation sites excluding steroid dienone is 2. The predicted molar refractivity (Wildman–Crippen MR) is 118 cm³/mol. The van der Waals surface area contributed by atoms with Gasteiger partial charge in [0.1, 0.15) is 12.7 Å². The summed E-state index contributed by atoms with van der Waals surface area (Å²) in [5.74, 6) is -1.78. The maximum atomic E-state index is 12.8. The number of carbonyl (C=O) groups excluding carboxylic acids is 3. The van der Waals surface area contributed by atoms with Crippen LogP contribution in [0.5, 0.6) is 0 Å². The summed E-state index contributed by atoms with van der Waals surface area (Å²) in [7, 11) is 0. The Morgan fingerprint density at radius 3 is 2.64 bits per heavy atom. The summed E-state index contributed by atoms with van der Waals surface area (Å²) in [5, 5.41) is 21.3. The SMILES string of the molecule is C=CC(=O)OC[C@H](O)[C@H]1OC(O)=C(OC(=O)C2CC3CC2CC3SC2CC3C=CC2C3)C1=O. The minimum Gasteiger partial charge on any atom is -0.478 e. The molecule has 0 aromatic rings. The van der Waals surface area contributed by atoms with Crippen LogP contribution in [-0.2, 0) is 28.6 Å². The van der Waals surface area contributed by atoms with Crippen LogP contribution in [0.3, 0.4) is 0 Å². The van der Waals surface area contributed by atoms with E-state index < -0.39 is 48.2 Å². The molecular weight excluding hydrogens is 448 g/mol. The highest BCUT2D eigenvalue weighted by atomic mass is 32.2. The van der Waals surface area contributed by atoms with Crippen molar-refractivity contribution in [3.8, 4) is 0 Å². The van der Waals surface area contributed by atoms with Gasteiger partial charge in [0.2, 0.25) is 5.78 Å². The highest BCUT2D eigenvalue weighted by Gasteiger charge is 2.52. The van der Waals surface area contributed by atoms with Crippen molar-refractivity contribution in [3.05, 3.63) is 36.5 Å². The summed E-state index contributed by atoms with van der Waals surface area (Å²) in [5.41, 5.74) is 0. The van der Waals surface area contributed by atoms with Gasteiger partial charge in [0.15, 0.2) is 6.10 Å². The Morgan fingerprint density at radius 2 is 2.00 bits per heavy atom. The summed E-state index contributed by atoms with van der Waals surface area (Å²) < 4.78 is 15.0. The molecule has 8 nitrogen and oxygen atoms in total. The molecular formula is C24H28O8S. The average molecular weight is 477 g/mol. The van der Waals surface area contributed by atoms with E-state index in [1.807, 2.05) is 0 Å². The molecule has 178 valence electrons. The van der Waals surface area contributed by atoms with Crippen LogP contribution in [0.1, 0.15) is 32.1 Å². The number of esters is 2. The molecule has 7 unspecified atom stereocenters. The van der Waals surface area contributed by atoms with Crippen LogP contribution in [0, 0.1) is 29.6 Å². The number of hydrogen-bond donors (Lipinski definition) is 2. The van der Waals surface area contributed by atoms with Gasteiger partial charge >= 0.3 is 17.9 Å². The first-order chi connectivity index (χ1) is 15.8. The zero-order valence-corrected chi connectivity index (χ0v) is 18.9. The van der Waals surface area contributed by atoms with Crippen LogP contribution in [0.15, 0.2) is 36.5 Å². The van der Waals surface area contributed by atoms with Gasteiger partial charge in [-0.3, -0.25) is 9.59 Å². The van der Waals surface area contributed by atoms with Crippen molar-refractivity contribution in [3.63, 3.8) is 0 Å². The number of thioether (sulfide) groups is 1. The predicted octanol–water partition coefficient (Wildman–Crippen LogP) is 2.43. The van der Waals surface area contributed by atoms with E-state index in [0.29, 0.717) is 22.3 Å². The van der Waals surface area contributed by atoms with Crippen molar-refractivity contribution >= 4 is 29.5 Å². The molecule has 4 aliphatic carbocycles. The zero-order chi connectivity index (χ0) is 23.3. The van der Waals surface area contributed by atoms with Gasteiger partial charge in [0.05, 0.1) is 5.92 Å². The Morgan fingerprint density at radius 1 is 1.18 bits per heavy atom. The van der Waals surface area contributed by atoms with Crippen LogP contribution in [0.25, 0.3) is 0 Å². The zero-order valence-electron chi connectivity index (χ0n) is 18.1. The van der Waals surface area contributed by atoms with Crippen molar-refractivity contribution in [1.82, 2.24) is 0 Å². The van der Waals surface area contributed by atoms with Gasteiger partial charge in [-0.25, -0.2) is 4.79 Å². The van der Waals surface area contributed by atoms with Gasteiger partial charge in [-0.1, -0.05) is 18.7 Å². The lowest BCUT2D eigenvalue weighted by Gasteiger charge is -2.30. The lowest BCUT2D eigenvalue weighted by Crippen LogP contribution is -2.37. The molecule has 2 N–H and O–H groups in total. The number of carbonyl (C=O) groups is 3. The lowest BCUT2D eigenvalue weighted by molar-refractivity contribution is -0.150. The first-order valence-electron chi connectivity index (χ1n) is 11.5. The molecule has 0 spiro atoms. The fourth-order valence-corrected chi connectivity index (χ4v) is 8.10. The molecule has 3 fully saturated rings. The first-order valence-corrected chi connectivity index (χ1v) is 12.4.